The minimum Gasteiger partial charge on any atom is -0.464 e. The van der Waals surface area contributed by atoms with E-state index in [0.717, 1.165) is 31.1 Å². The highest BCUT2D eigenvalue weighted by molar-refractivity contribution is 6.01. The topological polar surface area (TPSA) is 140 Å². The lowest BCUT2D eigenvalue weighted by molar-refractivity contribution is -0.385. The first-order valence-electron chi connectivity index (χ1n) is 6.70. The SMILES string of the molecule is COC(=O)c1nn(CC2CCCCO2)c(C(N)=O)c1[N+](=O)[O-]. The van der Waals surface area contributed by atoms with E-state index in [0.29, 0.717) is 6.61 Å². The Hall–Kier alpha value is -2.49. The second-order valence-corrected chi connectivity index (χ2v) is 4.83. The van der Waals surface area contributed by atoms with E-state index in [1.165, 1.54) is 0 Å². The first-order valence-corrected chi connectivity index (χ1v) is 6.70. The molecule has 1 aromatic rings. The molecule has 1 fully saturated rings. The van der Waals surface area contributed by atoms with Gasteiger partial charge in [0.1, 0.15) is 0 Å². The van der Waals surface area contributed by atoms with Gasteiger partial charge in [-0.2, -0.15) is 5.10 Å². The van der Waals surface area contributed by atoms with Crippen molar-refractivity contribution < 1.29 is 24.0 Å². The van der Waals surface area contributed by atoms with Gasteiger partial charge in [-0.1, -0.05) is 0 Å². The monoisotopic (exact) mass is 312 g/mol. The number of aromatic nitrogens is 2. The van der Waals surface area contributed by atoms with Crippen LogP contribution in [0.1, 0.15) is 40.2 Å². The van der Waals surface area contributed by atoms with Crippen molar-refractivity contribution in [3.63, 3.8) is 0 Å². The zero-order valence-corrected chi connectivity index (χ0v) is 12.0. The lowest BCUT2D eigenvalue weighted by Crippen LogP contribution is -2.28. The second kappa shape index (κ2) is 6.52. The molecule has 0 radical (unpaired) electrons. The van der Waals surface area contributed by atoms with E-state index in [1.54, 1.807) is 0 Å². The van der Waals surface area contributed by atoms with Gasteiger partial charge in [-0.25, -0.2) is 4.79 Å². The molecule has 120 valence electrons. The Morgan fingerprint density at radius 1 is 1.55 bits per heavy atom. The Labute approximate surface area is 125 Å². The Morgan fingerprint density at radius 2 is 2.27 bits per heavy atom. The van der Waals surface area contributed by atoms with Crippen molar-refractivity contribution in [2.45, 2.75) is 31.9 Å². The van der Waals surface area contributed by atoms with Crippen molar-refractivity contribution in [3.05, 3.63) is 21.5 Å². The van der Waals surface area contributed by atoms with E-state index >= 15 is 0 Å². The zero-order chi connectivity index (χ0) is 16.3. The predicted octanol–water partition coefficient (Wildman–Crippen LogP) is 0.246. The Kier molecular flexibility index (Phi) is 4.71. The molecule has 2 rings (SSSR count). The predicted molar refractivity (Wildman–Crippen MR) is 72.3 cm³/mol. The minimum absolute atomic E-state index is 0.107. The molecule has 1 aliphatic rings. The number of hydrogen-bond donors (Lipinski definition) is 1. The van der Waals surface area contributed by atoms with Gasteiger partial charge in [0.15, 0.2) is 0 Å². The summed E-state index contributed by atoms with van der Waals surface area (Å²) in [5.74, 6) is -2.04. The summed E-state index contributed by atoms with van der Waals surface area (Å²) < 4.78 is 11.0. The maximum atomic E-state index is 11.6. The van der Waals surface area contributed by atoms with Crippen LogP contribution in [0.25, 0.3) is 0 Å². The third-order valence-corrected chi connectivity index (χ3v) is 3.37. The van der Waals surface area contributed by atoms with Crippen LogP contribution < -0.4 is 5.73 Å². The highest BCUT2D eigenvalue weighted by Crippen LogP contribution is 2.25. The van der Waals surface area contributed by atoms with Crippen LogP contribution in [0.3, 0.4) is 0 Å². The molecule has 1 aliphatic heterocycles. The third kappa shape index (κ3) is 3.06. The number of carbonyl (C=O) groups is 2. The van der Waals surface area contributed by atoms with Crippen LogP contribution in [0.4, 0.5) is 5.69 Å². The van der Waals surface area contributed by atoms with Gasteiger partial charge in [-0.15, -0.1) is 0 Å². The number of nitrogens with zero attached hydrogens (tertiary/aromatic N) is 3. The van der Waals surface area contributed by atoms with Crippen LogP contribution in [-0.2, 0) is 16.0 Å². The number of carbonyl (C=O) groups excluding carboxylic acids is 2. The van der Waals surface area contributed by atoms with Gasteiger partial charge < -0.3 is 15.2 Å². The number of rotatable bonds is 5. The number of amides is 1. The summed E-state index contributed by atoms with van der Waals surface area (Å²) in [4.78, 5) is 33.5. The van der Waals surface area contributed by atoms with Gasteiger partial charge in [0.05, 0.1) is 24.7 Å². The van der Waals surface area contributed by atoms with Gasteiger partial charge >= 0.3 is 11.7 Å². The van der Waals surface area contributed by atoms with Crippen LogP contribution in [0, 0.1) is 10.1 Å². The first-order chi connectivity index (χ1) is 10.5. The molecule has 10 heteroatoms. The maximum Gasteiger partial charge on any atom is 0.365 e. The molecule has 0 aromatic carbocycles. The summed E-state index contributed by atoms with van der Waals surface area (Å²) in [5.41, 5.74) is 3.50. The number of nitro groups is 1. The molecule has 0 spiro atoms. The average molecular weight is 312 g/mol. The van der Waals surface area contributed by atoms with Gasteiger partial charge in [0.2, 0.25) is 11.4 Å². The highest BCUT2D eigenvalue weighted by atomic mass is 16.6. The summed E-state index contributed by atoms with van der Waals surface area (Å²) in [6.45, 7) is 0.680. The molecule has 1 amide bonds. The average Bonchev–Trinajstić information content (AvgIpc) is 2.87. The fraction of sp³-hybridized carbons (Fsp3) is 0.583. The van der Waals surface area contributed by atoms with E-state index in [9.17, 15) is 19.7 Å². The summed E-state index contributed by atoms with van der Waals surface area (Å²) in [7, 11) is 1.07. The number of methoxy groups -OCH3 is 1. The van der Waals surface area contributed by atoms with Gasteiger partial charge in [0.25, 0.3) is 5.91 Å². The first kappa shape index (κ1) is 15.9. The van der Waals surface area contributed by atoms with Crippen molar-refractivity contribution in [2.75, 3.05) is 13.7 Å². The molecular weight excluding hydrogens is 296 g/mol. The van der Waals surface area contributed by atoms with E-state index < -0.39 is 33.9 Å². The molecule has 0 bridgehead atoms. The largest absolute Gasteiger partial charge is 0.464 e. The molecule has 0 aliphatic carbocycles. The van der Waals surface area contributed by atoms with Gasteiger partial charge in [-0.3, -0.25) is 19.6 Å². The Morgan fingerprint density at radius 3 is 2.77 bits per heavy atom. The molecule has 2 heterocycles. The van der Waals surface area contributed by atoms with Crippen LogP contribution in [-0.4, -0.2) is 46.4 Å². The molecule has 1 aromatic heterocycles. The van der Waals surface area contributed by atoms with Gasteiger partial charge in [0, 0.05) is 6.61 Å². The lowest BCUT2D eigenvalue weighted by Gasteiger charge is -2.22. The fourth-order valence-electron chi connectivity index (χ4n) is 2.38. The van der Waals surface area contributed by atoms with Gasteiger partial charge in [-0.05, 0) is 19.3 Å². The third-order valence-electron chi connectivity index (χ3n) is 3.37. The zero-order valence-electron chi connectivity index (χ0n) is 12.0. The summed E-state index contributed by atoms with van der Waals surface area (Å²) >= 11 is 0. The normalized spacial score (nSPS) is 18.0. The molecule has 1 saturated heterocycles. The highest BCUT2D eigenvalue weighted by Gasteiger charge is 2.36. The second-order valence-electron chi connectivity index (χ2n) is 4.83. The van der Waals surface area contributed by atoms with Crippen LogP contribution in [0.2, 0.25) is 0 Å². The number of esters is 1. The fourth-order valence-corrected chi connectivity index (χ4v) is 2.38. The van der Waals surface area contributed by atoms with Crippen LogP contribution in [0.5, 0.6) is 0 Å². The quantitative estimate of drug-likeness (QED) is 0.466. The molecule has 1 unspecified atom stereocenters. The van der Waals surface area contributed by atoms with E-state index in [4.69, 9.17) is 10.5 Å². The summed E-state index contributed by atoms with van der Waals surface area (Å²) in [6.07, 6.45) is 2.38. The van der Waals surface area contributed by atoms with Crippen LogP contribution in [0.15, 0.2) is 0 Å². The van der Waals surface area contributed by atoms with E-state index in [1.807, 2.05) is 0 Å². The lowest BCUT2D eigenvalue weighted by atomic mass is 10.1. The molecular formula is C12H16N4O6. The summed E-state index contributed by atoms with van der Waals surface area (Å²) in [6, 6.07) is 0. The number of hydrogen-bond acceptors (Lipinski definition) is 7. The standard InChI is InChI=1S/C12H16N4O6/c1-21-12(18)8-9(16(19)20)10(11(13)17)15(14-8)6-7-4-2-3-5-22-7/h7H,2-6H2,1H3,(H2,13,17). The number of nitrogens with two attached hydrogens (primary N) is 1. The van der Waals surface area contributed by atoms with Crippen molar-refractivity contribution in [1.82, 2.24) is 9.78 Å². The van der Waals surface area contributed by atoms with Crippen LogP contribution >= 0.6 is 0 Å². The summed E-state index contributed by atoms with van der Waals surface area (Å²) in [5, 5.41) is 15.0. The van der Waals surface area contributed by atoms with Crippen molar-refractivity contribution in [1.29, 1.82) is 0 Å². The molecule has 1 atom stereocenters. The number of primary amides is 1. The number of ether oxygens (including phenoxy) is 2. The Bertz CT molecular complexity index is 605. The van der Waals surface area contributed by atoms with Crippen molar-refractivity contribution >= 4 is 17.6 Å². The smallest absolute Gasteiger partial charge is 0.365 e. The maximum absolute atomic E-state index is 11.6. The van der Waals surface area contributed by atoms with Crippen molar-refractivity contribution in [2.24, 2.45) is 5.73 Å². The van der Waals surface area contributed by atoms with Crippen molar-refractivity contribution in [3.8, 4) is 0 Å². The molecule has 10 nitrogen and oxygen atoms in total. The molecule has 22 heavy (non-hydrogen) atoms. The van der Waals surface area contributed by atoms with E-state index in [2.05, 4.69) is 9.84 Å². The van der Waals surface area contributed by atoms with E-state index in [-0.39, 0.29) is 12.6 Å². The minimum atomic E-state index is -1.04. The Balaban J connectivity index is 2.45. The molecule has 0 saturated carbocycles. The molecule has 2 N–H and O–H groups in total.